The zero-order valence-corrected chi connectivity index (χ0v) is 15.2. The Balaban J connectivity index is 2.53. The molecule has 0 aromatic heterocycles. The smallest absolute Gasteiger partial charge is 0.426 e. The van der Waals surface area contributed by atoms with E-state index in [4.69, 9.17) is 44.3 Å². The van der Waals surface area contributed by atoms with Crippen molar-refractivity contribution in [3.8, 4) is 11.5 Å². The number of ether oxygens (including phenoxy) is 2. The van der Waals surface area contributed by atoms with Crippen LogP contribution in [-0.4, -0.2) is 31.1 Å². The quantitative estimate of drug-likeness (QED) is 0.580. The van der Waals surface area contributed by atoms with Crippen molar-refractivity contribution in [2.24, 2.45) is 5.41 Å². The molecule has 136 valence electrons. The van der Waals surface area contributed by atoms with Gasteiger partial charge in [0.1, 0.15) is 10.8 Å². The second-order valence-corrected chi connectivity index (χ2v) is 6.98. The normalized spacial score (nSPS) is 13.2. The van der Waals surface area contributed by atoms with Crippen LogP contribution in [0.3, 0.4) is 0 Å². The number of aromatic hydroxyl groups is 1. The first kappa shape index (κ1) is 21.2. The van der Waals surface area contributed by atoms with Gasteiger partial charge in [0.25, 0.3) is 0 Å². The summed E-state index contributed by atoms with van der Waals surface area (Å²) in [5.74, 6) is 0.123. The van der Waals surface area contributed by atoms with E-state index in [2.05, 4.69) is 0 Å². The molecule has 0 aliphatic heterocycles. The Morgan fingerprint density at radius 2 is 1.71 bits per heavy atom. The third-order valence-corrected chi connectivity index (χ3v) is 3.66. The van der Waals surface area contributed by atoms with Gasteiger partial charge in [-0.2, -0.15) is 13.2 Å². The molecular formula is C15H16Cl3F3O3. The fourth-order valence-electron chi connectivity index (χ4n) is 1.58. The molecule has 3 nitrogen and oxygen atoms in total. The van der Waals surface area contributed by atoms with Crippen LogP contribution >= 0.6 is 34.8 Å². The molecule has 0 atom stereocenters. The maximum Gasteiger partial charge on any atom is 0.426 e. The number of alkyl halides is 3. The average Bonchev–Trinajstić information content (AvgIpc) is 2.41. The Kier molecular flexibility index (Phi) is 7.53. The van der Waals surface area contributed by atoms with Crippen molar-refractivity contribution in [2.45, 2.75) is 20.0 Å². The minimum Gasteiger partial charge on any atom is -0.508 e. The number of allylic oxidation sites excluding steroid dienone is 1. The Morgan fingerprint density at radius 3 is 2.21 bits per heavy atom. The fraction of sp³-hybridized carbons (Fsp3) is 0.467. The maximum absolute atomic E-state index is 12.2. The lowest BCUT2D eigenvalue weighted by Crippen LogP contribution is -2.27. The van der Waals surface area contributed by atoms with Crippen molar-refractivity contribution in [1.29, 1.82) is 0 Å². The molecule has 0 saturated carbocycles. The van der Waals surface area contributed by atoms with Crippen LogP contribution in [0.1, 0.15) is 13.8 Å². The standard InChI is InChI=1S/C15H16Cl3F3O3/c1-14(2,7-23-4-3-12(18)15(19,20)21)8-24-13-10(16)5-9(22)6-11(13)17/h3,5-6,22H,4,7-8H2,1-2H3. The van der Waals surface area contributed by atoms with Crippen LogP contribution in [0.25, 0.3) is 0 Å². The van der Waals surface area contributed by atoms with E-state index in [0.29, 0.717) is 0 Å². The van der Waals surface area contributed by atoms with Gasteiger partial charge in [-0.25, -0.2) is 0 Å². The number of halogens is 6. The summed E-state index contributed by atoms with van der Waals surface area (Å²) >= 11 is 17.0. The number of phenols is 1. The lowest BCUT2D eigenvalue weighted by atomic mass is 9.96. The molecule has 1 rings (SSSR count). The zero-order chi connectivity index (χ0) is 18.5. The molecule has 0 fully saturated rings. The molecule has 24 heavy (non-hydrogen) atoms. The Hall–Kier alpha value is -0.820. The molecule has 1 aromatic rings. The largest absolute Gasteiger partial charge is 0.508 e. The first-order valence-electron chi connectivity index (χ1n) is 6.74. The summed E-state index contributed by atoms with van der Waals surface area (Å²) in [7, 11) is 0. The van der Waals surface area contributed by atoms with E-state index in [1.807, 2.05) is 0 Å². The molecule has 1 aromatic carbocycles. The van der Waals surface area contributed by atoms with Gasteiger partial charge in [0, 0.05) is 17.5 Å². The Bertz CT molecular complexity index is 578. The maximum atomic E-state index is 12.2. The number of hydrogen-bond acceptors (Lipinski definition) is 3. The summed E-state index contributed by atoms with van der Waals surface area (Å²) in [5.41, 5.74) is -0.525. The predicted molar refractivity (Wildman–Crippen MR) is 88.2 cm³/mol. The van der Waals surface area contributed by atoms with Crippen molar-refractivity contribution in [2.75, 3.05) is 19.8 Å². The molecule has 0 bridgehead atoms. The highest BCUT2D eigenvalue weighted by Crippen LogP contribution is 2.37. The zero-order valence-electron chi connectivity index (χ0n) is 12.9. The van der Waals surface area contributed by atoms with Gasteiger partial charge >= 0.3 is 6.18 Å². The summed E-state index contributed by atoms with van der Waals surface area (Å²) < 4.78 is 47.3. The lowest BCUT2D eigenvalue weighted by molar-refractivity contribution is -0.0852. The highest BCUT2D eigenvalue weighted by Gasteiger charge is 2.32. The molecule has 0 aliphatic rings. The van der Waals surface area contributed by atoms with Gasteiger partial charge < -0.3 is 14.6 Å². The molecule has 0 heterocycles. The first-order chi connectivity index (χ1) is 10.9. The summed E-state index contributed by atoms with van der Waals surface area (Å²) in [6.45, 7) is 3.59. The molecule has 0 unspecified atom stereocenters. The second kappa shape index (κ2) is 8.52. The summed E-state index contributed by atoms with van der Waals surface area (Å²) in [6, 6.07) is 2.58. The summed E-state index contributed by atoms with van der Waals surface area (Å²) in [6.07, 6.45) is -3.82. The van der Waals surface area contributed by atoms with Gasteiger partial charge in [-0.05, 0) is 6.08 Å². The Morgan fingerprint density at radius 1 is 1.17 bits per heavy atom. The van der Waals surface area contributed by atoms with Gasteiger partial charge in [-0.1, -0.05) is 48.7 Å². The van der Waals surface area contributed by atoms with Crippen LogP contribution in [0.15, 0.2) is 23.2 Å². The van der Waals surface area contributed by atoms with Gasteiger partial charge in [-0.3, -0.25) is 0 Å². The van der Waals surface area contributed by atoms with Crippen molar-refractivity contribution >= 4 is 34.8 Å². The Labute approximate surface area is 152 Å². The van der Waals surface area contributed by atoms with Gasteiger partial charge in [0.15, 0.2) is 5.75 Å². The highest BCUT2D eigenvalue weighted by molar-refractivity contribution is 6.37. The van der Waals surface area contributed by atoms with Crippen molar-refractivity contribution < 1.29 is 27.8 Å². The van der Waals surface area contributed by atoms with Gasteiger partial charge in [0.05, 0.1) is 29.9 Å². The van der Waals surface area contributed by atoms with E-state index in [1.54, 1.807) is 13.8 Å². The molecule has 0 radical (unpaired) electrons. The first-order valence-corrected chi connectivity index (χ1v) is 7.87. The van der Waals surface area contributed by atoms with Crippen molar-refractivity contribution in [3.63, 3.8) is 0 Å². The molecule has 0 spiro atoms. The number of hydrogen-bond donors (Lipinski definition) is 1. The van der Waals surface area contributed by atoms with E-state index >= 15 is 0 Å². The highest BCUT2D eigenvalue weighted by atomic mass is 35.5. The third kappa shape index (κ3) is 6.97. The molecule has 0 saturated heterocycles. The minimum atomic E-state index is -4.57. The third-order valence-electron chi connectivity index (χ3n) is 2.73. The fourth-order valence-corrected chi connectivity index (χ4v) is 2.22. The van der Waals surface area contributed by atoms with Gasteiger partial charge in [0.2, 0.25) is 0 Å². The monoisotopic (exact) mass is 406 g/mol. The van der Waals surface area contributed by atoms with E-state index < -0.39 is 16.6 Å². The SMILES string of the molecule is CC(C)(COCC=C(Cl)C(F)(F)F)COc1c(Cl)cc(O)cc1Cl. The summed E-state index contributed by atoms with van der Waals surface area (Å²) in [5, 5.41) is 8.43. The lowest BCUT2D eigenvalue weighted by Gasteiger charge is -2.25. The molecule has 0 aliphatic carbocycles. The van der Waals surface area contributed by atoms with Crippen LogP contribution in [0.5, 0.6) is 11.5 Å². The van der Waals surface area contributed by atoms with Crippen LogP contribution in [0, 0.1) is 5.41 Å². The summed E-state index contributed by atoms with van der Waals surface area (Å²) in [4.78, 5) is 0. The van der Waals surface area contributed by atoms with E-state index in [-0.39, 0.29) is 41.4 Å². The average molecular weight is 408 g/mol. The molecule has 1 N–H and O–H groups in total. The van der Waals surface area contributed by atoms with E-state index in [9.17, 15) is 18.3 Å². The molecule has 9 heteroatoms. The number of phenolic OH excluding ortho intramolecular Hbond substituents is 1. The molecule has 0 amide bonds. The van der Waals surface area contributed by atoms with Crippen LogP contribution in [0.4, 0.5) is 13.2 Å². The van der Waals surface area contributed by atoms with E-state index in [0.717, 1.165) is 6.08 Å². The molecular weight excluding hydrogens is 392 g/mol. The predicted octanol–water partition coefficient (Wildman–Crippen LogP) is 5.81. The van der Waals surface area contributed by atoms with E-state index in [1.165, 1.54) is 12.1 Å². The topological polar surface area (TPSA) is 38.7 Å². The number of rotatable bonds is 7. The van der Waals surface area contributed by atoms with Gasteiger partial charge in [-0.15, -0.1) is 0 Å². The minimum absolute atomic E-state index is 0.0896. The van der Waals surface area contributed by atoms with Crippen molar-refractivity contribution in [1.82, 2.24) is 0 Å². The van der Waals surface area contributed by atoms with Crippen molar-refractivity contribution in [3.05, 3.63) is 33.3 Å². The second-order valence-electron chi connectivity index (χ2n) is 5.76. The van der Waals surface area contributed by atoms with Crippen LogP contribution in [0.2, 0.25) is 10.0 Å². The van der Waals surface area contributed by atoms with Crippen LogP contribution < -0.4 is 4.74 Å². The number of benzene rings is 1. The van der Waals surface area contributed by atoms with Crippen LogP contribution in [-0.2, 0) is 4.74 Å².